The Morgan fingerprint density at radius 3 is 2.04 bits per heavy atom. The summed E-state index contributed by atoms with van der Waals surface area (Å²) in [5.74, 6) is 0. The van der Waals surface area contributed by atoms with E-state index in [1.54, 1.807) is 0 Å². The van der Waals surface area contributed by atoms with Crippen LogP contribution in [0.1, 0.15) is 0 Å². The first-order valence-electron chi connectivity index (χ1n) is 15.1. The molecule has 9 rings (SSSR count). The Labute approximate surface area is 260 Å². The van der Waals surface area contributed by atoms with E-state index in [2.05, 4.69) is 149 Å². The summed E-state index contributed by atoms with van der Waals surface area (Å²) in [7, 11) is 0. The standard InChI is InChI=1S/C41H27N3O/c1-3-12-28(13-4-1)30-15-11-18-32(26-30)43(41-42-37-25-22-29-14-7-8-19-34(29)40(37)45-41)33-23-24-36-35-20-9-10-21-38(35)44(39(36)27-33)31-16-5-2-6-17-31/h1-27H. The summed E-state index contributed by atoms with van der Waals surface area (Å²) in [5.41, 5.74) is 9.22. The van der Waals surface area contributed by atoms with Crippen molar-refractivity contribution in [2.75, 3.05) is 4.90 Å². The normalized spacial score (nSPS) is 11.6. The van der Waals surface area contributed by atoms with E-state index in [0.717, 1.165) is 55.6 Å². The second kappa shape index (κ2) is 10.2. The molecule has 0 amide bonds. The van der Waals surface area contributed by atoms with Gasteiger partial charge in [-0.25, -0.2) is 0 Å². The lowest BCUT2D eigenvalue weighted by atomic mass is 10.0. The van der Waals surface area contributed by atoms with Crippen LogP contribution < -0.4 is 4.90 Å². The van der Waals surface area contributed by atoms with Crippen molar-refractivity contribution < 1.29 is 4.42 Å². The molecule has 0 atom stereocenters. The molecule has 7 aromatic carbocycles. The minimum absolute atomic E-state index is 0.522. The van der Waals surface area contributed by atoms with Crippen LogP contribution in [0, 0.1) is 0 Å². The highest BCUT2D eigenvalue weighted by Crippen LogP contribution is 2.41. The van der Waals surface area contributed by atoms with Crippen LogP contribution in [0.5, 0.6) is 0 Å². The molecule has 9 aromatic rings. The third-order valence-electron chi connectivity index (χ3n) is 8.60. The third-order valence-corrected chi connectivity index (χ3v) is 8.60. The molecule has 45 heavy (non-hydrogen) atoms. The zero-order valence-corrected chi connectivity index (χ0v) is 24.3. The summed E-state index contributed by atoms with van der Waals surface area (Å²) in [6.45, 7) is 0. The van der Waals surface area contributed by atoms with Crippen molar-refractivity contribution in [3.05, 3.63) is 164 Å². The summed E-state index contributed by atoms with van der Waals surface area (Å²) >= 11 is 0. The predicted octanol–water partition coefficient (Wildman–Crippen LogP) is 11.2. The minimum Gasteiger partial charge on any atom is -0.422 e. The van der Waals surface area contributed by atoms with Gasteiger partial charge in [-0.2, -0.15) is 4.98 Å². The molecule has 2 heterocycles. The van der Waals surface area contributed by atoms with E-state index in [9.17, 15) is 0 Å². The number of nitrogens with zero attached hydrogens (tertiary/aromatic N) is 3. The maximum absolute atomic E-state index is 6.69. The van der Waals surface area contributed by atoms with Gasteiger partial charge in [-0.3, -0.25) is 4.90 Å². The van der Waals surface area contributed by atoms with Crippen molar-refractivity contribution in [1.29, 1.82) is 0 Å². The highest BCUT2D eigenvalue weighted by atomic mass is 16.4. The molecule has 4 nitrogen and oxygen atoms in total. The van der Waals surface area contributed by atoms with E-state index in [4.69, 9.17) is 9.40 Å². The van der Waals surface area contributed by atoms with Crippen molar-refractivity contribution in [3.8, 4) is 16.8 Å². The lowest BCUT2D eigenvalue weighted by Gasteiger charge is -2.22. The van der Waals surface area contributed by atoms with Gasteiger partial charge in [-0.05, 0) is 65.0 Å². The number of hydrogen-bond donors (Lipinski definition) is 0. The SMILES string of the molecule is c1ccc(-c2cccc(N(c3ccc4c5ccccc5n(-c5ccccc5)c4c3)c3nc4ccc5ccccc5c4o3)c2)cc1. The van der Waals surface area contributed by atoms with Crippen molar-refractivity contribution in [2.24, 2.45) is 0 Å². The maximum atomic E-state index is 6.69. The summed E-state index contributed by atoms with van der Waals surface area (Å²) < 4.78 is 9.03. The molecule has 0 N–H and O–H groups in total. The van der Waals surface area contributed by atoms with Crippen molar-refractivity contribution in [2.45, 2.75) is 0 Å². The van der Waals surface area contributed by atoms with Crippen LogP contribution >= 0.6 is 0 Å². The number of para-hydroxylation sites is 2. The monoisotopic (exact) mass is 577 g/mol. The quantitative estimate of drug-likeness (QED) is 0.204. The summed E-state index contributed by atoms with van der Waals surface area (Å²) in [4.78, 5) is 7.21. The highest BCUT2D eigenvalue weighted by Gasteiger charge is 2.22. The Morgan fingerprint density at radius 1 is 0.489 bits per heavy atom. The minimum atomic E-state index is 0.522. The fraction of sp³-hybridized carbons (Fsp3) is 0. The number of hydrogen-bond acceptors (Lipinski definition) is 3. The molecule has 2 aromatic heterocycles. The van der Waals surface area contributed by atoms with E-state index in [0.29, 0.717) is 6.01 Å². The predicted molar refractivity (Wildman–Crippen MR) is 186 cm³/mol. The topological polar surface area (TPSA) is 34.2 Å². The van der Waals surface area contributed by atoms with Crippen molar-refractivity contribution in [3.63, 3.8) is 0 Å². The van der Waals surface area contributed by atoms with Gasteiger partial charge in [0.2, 0.25) is 0 Å². The molecular weight excluding hydrogens is 550 g/mol. The molecule has 0 bridgehead atoms. The molecule has 0 aliphatic carbocycles. The summed E-state index contributed by atoms with van der Waals surface area (Å²) in [5, 5.41) is 4.58. The number of rotatable bonds is 5. The molecule has 0 spiro atoms. The average molecular weight is 578 g/mol. The van der Waals surface area contributed by atoms with Crippen LogP contribution in [0.25, 0.3) is 60.5 Å². The first kappa shape index (κ1) is 25.4. The number of benzene rings is 7. The molecular formula is C41H27N3O. The largest absolute Gasteiger partial charge is 0.422 e. The van der Waals surface area contributed by atoms with Gasteiger partial charge in [-0.1, -0.05) is 115 Å². The number of oxazole rings is 1. The van der Waals surface area contributed by atoms with E-state index in [-0.39, 0.29) is 0 Å². The van der Waals surface area contributed by atoms with Gasteiger partial charge < -0.3 is 8.98 Å². The third kappa shape index (κ3) is 4.19. The molecule has 212 valence electrons. The van der Waals surface area contributed by atoms with Crippen molar-refractivity contribution >= 4 is 61.1 Å². The van der Waals surface area contributed by atoms with Crippen LogP contribution in [0.15, 0.2) is 168 Å². The first-order valence-corrected chi connectivity index (χ1v) is 15.1. The second-order valence-corrected chi connectivity index (χ2v) is 11.3. The fourth-order valence-corrected chi connectivity index (χ4v) is 6.52. The molecule has 4 heteroatoms. The van der Waals surface area contributed by atoms with Gasteiger partial charge in [0, 0.05) is 21.8 Å². The van der Waals surface area contributed by atoms with Crippen LogP contribution in [0.2, 0.25) is 0 Å². The van der Waals surface area contributed by atoms with E-state index in [1.165, 1.54) is 16.3 Å². The molecule has 0 saturated heterocycles. The second-order valence-electron chi connectivity index (χ2n) is 11.3. The van der Waals surface area contributed by atoms with Crippen molar-refractivity contribution in [1.82, 2.24) is 9.55 Å². The number of aromatic nitrogens is 2. The van der Waals surface area contributed by atoms with Gasteiger partial charge in [0.15, 0.2) is 5.58 Å². The van der Waals surface area contributed by atoms with Crippen LogP contribution in [-0.4, -0.2) is 9.55 Å². The molecule has 0 unspecified atom stereocenters. The zero-order chi connectivity index (χ0) is 29.7. The van der Waals surface area contributed by atoms with Gasteiger partial charge in [0.05, 0.1) is 22.4 Å². The fourth-order valence-electron chi connectivity index (χ4n) is 6.52. The summed E-state index contributed by atoms with van der Waals surface area (Å²) in [6, 6.07) is 57.8. The smallest absolute Gasteiger partial charge is 0.307 e. The van der Waals surface area contributed by atoms with E-state index in [1.807, 2.05) is 24.3 Å². The Balaban J connectivity index is 1.31. The maximum Gasteiger partial charge on any atom is 0.307 e. The van der Waals surface area contributed by atoms with E-state index < -0.39 is 0 Å². The first-order chi connectivity index (χ1) is 22.3. The Morgan fingerprint density at radius 2 is 1.18 bits per heavy atom. The summed E-state index contributed by atoms with van der Waals surface area (Å²) in [6.07, 6.45) is 0. The Bertz CT molecular complexity index is 2490. The van der Waals surface area contributed by atoms with Crippen LogP contribution in [0.4, 0.5) is 17.4 Å². The van der Waals surface area contributed by atoms with Gasteiger partial charge in [0.25, 0.3) is 0 Å². The molecule has 0 aliphatic rings. The molecule has 0 fully saturated rings. The number of anilines is 3. The lowest BCUT2D eigenvalue weighted by Crippen LogP contribution is -2.10. The average Bonchev–Trinajstić information content (AvgIpc) is 3.69. The van der Waals surface area contributed by atoms with Gasteiger partial charge >= 0.3 is 6.01 Å². The Kier molecular flexibility index (Phi) is 5.78. The highest BCUT2D eigenvalue weighted by molar-refractivity contribution is 6.10. The Hall–Kier alpha value is -6.13. The van der Waals surface area contributed by atoms with Crippen LogP contribution in [0.3, 0.4) is 0 Å². The van der Waals surface area contributed by atoms with Gasteiger partial charge in [-0.15, -0.1) is 0 Å². The number of fused-ring (bicyclic) bond motifs is 6. The molecule has 0 radical (unpaired) electrons. The van der Waals surface area contributed by atoms with Gasteiger partial charge in [0.1, 0.15) is 5.52 Å². The zero-order valence-electron chi connectivity index (χ0n) is 24.3. The van der Waals surface area contributed by atoms with E-state index >= 15 is 0 Å². The van der Waals surface area contributed by atoms with Crippen LogP contribution in [-0.2, 0) is 0 Å². The molecule has 0 saturated carbocycles. The lowest BCUT2D eigenvalue weighted by molar-refractivity contribution is 0.611. The molecule has 0 aliphatic heterocycles.